The van der Waals surface area contributed by atoms with E-state index in [1.807, 2.05) is 17.5 Å². The van der Waals surface area contributed by atoms with Crippen LogP contribution in [-0.4, -0.2) is 18.0 Å². The SMILES string of the molecule is CC1(C)CNC(=O)C(c2cccs2)N1. The van der Waals surface area contributed by atoms with Crippen molar-refractivity contribution in [2.24, 2.45) is 0 Å². The number of hydrogen-bond acceptors (Lipinski definition) is 3. The minimum absolute atomic E-state index is 0.0252. The zero-order chi connectivity index (χ0) is 10.2. The molecule has 2 N–H and O–H groups in total. The van der Waals surface area contributed by atoms with Gasteiger partial charge < -0.3 is 5.32 Å². The van der Waals surface area contributed by atoms with Crippen LogP contribution in [0.15, 0.2) is 17.5 Å². The number of amides is 1. The lowest BCUT2D eigenvalue weighted by Crippen LogP contribution is -2.59. The average Bonchev–Trinajstić information content (AvgIpc) is 2.62. The van der Waals surface area contributed by atoms with E-state index in [0.717, 1.165) is 4.88 Å². The van der Waals surface area contributed by atoms with Gasteiger partial charge in [0.25, 0.3) is 0 Å². The van der Waals surface area contributed by atoms with Gasteiger partial charge in [0.1, 0.15) is 6.04 Å². The van der Waals surface area contributed by atoms with Crippen LogP contribution in [0, 0.1) is 0 Å². The van der Waals surface area contributed by atoms with Crippen LogP contribution < -0.4 is 10.6 Å². The first-order chi connectivity index (χ1) is 6.58. The summed E-state index contributed by atoms with van der Waals surface area (Å²) >= 11 is 1.61. The number of hydrogen-bond donors (Lipinski definition) is 2. The third kappa shape index (κ3) is 1.81. The van der Waals surface area contributed by atoms with Crippen molar-refractivity contribution in [1.29, 1.82) is 0 Å². The summed E-state index contributed by atoms with van der Waals surface area (Å²) in [6, 6.07) is 3.78. The van der Waals surface area contributed by atoms with Crippen LogP contribution in [0.5, 0.6) is 0 Å². The van der Waals surface area contributed by atoms with Crippen molar-refractivity contribution in [2.75, 3.05) is 6.54 Å². The van der Waals surface area contributed by atoms with Gasteiger partial charge in [-0.25, -0.2) is 0 Å². The third-order valence-electron chi connectivity index (χ3n) is 2.33. The van der Waals surface area contributed by atoms with E-state index in [0.29, 0.717) is 6.54 Å². The summed E-state index contributed by atoms with van der Waals surface area (Å²) in [5.41, 5.74) is -0.0252. The van der Waals surface area contributed by atoms with Crippen molar-refractivity contribution in [3.05, 3.63) is 22.4 Å². The predicted molar refractivity (Wildman–Crippen MR) is 57.3 cm³/mol. The van der Waals surface area contributed by atoms with Gasteiger partial charge in [-0.15, -0.1) is 11.3 Å². The quantitative estimate of drug-likeness (QED) is 0.733. The molecule has 1 fully saturated rings. The molecule has 4 heteroatoms. The highest BCUT2D eigenvalue weighted by Gasteiger charge is 2.33. The van der Waals surface area contributed by atoms with Crippen molar-refractivity contribution in [3.63, 3.8) is 0 Å². The van der Waals surface area contributed by atoms with Gasteiger partial charge in [0.05, 0.1) is 0 Å². The summed E-state index contributed by atoms with van der Waals surface area (Å²) in [6.07, 6.45) is 0. The molecule has 0 bridgehead atoms. The Morgan fingerprint density at radius 3 is 3.00 bits per heavy atom. The number of carbonyl (C=O) groups excluding carboxylic acids is 1. The molecule has 2 rings (SSSR count). The number of carbonyl (C=O) groups is 1. The summed E-state index contributed by atoms with van der Waals surface area (Å²) in [5, 5.41) is 8.25. The highest BCUT2D eigenvalue weighted by Crippen LogP contribution is 2.24. The van der Waals surface area contributed by atoms with E-state index in [9.17, 15) is 4.79 Å². The van der Waals surface area contributed by atoms with Gasteiger partial charge in [0, 0.05) is 17.0 Å². The molecular formula is C10H14N2OS. The normalized spacial score (nSPS) is 25.9. The first-order valence-corrected chi connectivity index (χ1v) is 5.55. The van der Waals surface area contributed by atoms with Gasteiger partial charge in [-0.3, -0.25) is 10.1 Å². The molecule has 0 spiro atoms. The monoisotopic (exact) mass is 210 g/mol. The molecule has 1 aliphatic heterocycles. The lowest BCUT2D eigenvalue weighted by Gasteiger charge is -2.36. The molecule has 1 aliphatic rings. The Labute approximate surface area is 87.5 Å². The third-order valence-corrected chi connectivity index (χ3v) is 3.27. The molecule has 1 atom stereocenters. The molecule has 0 radical (unpaired) electrons. The van der Waals surface area contributed by atoms with E-state index in [1.165, 1.54) is 0 Å². The van der Waals surface area contributed by atoms with Crippen LogP contribution in [0.25, 0.3) is 0 Å². The van der Waals surface area contributed by atoms with Crippen molar-refractivity contribution < 1.29 is 4.79 Å². The van der Waals surface area contributed by atoms with Crippen LogP contribution in [0.1, 0.15) is 24.8 Å². The number of rotatable bonds is 1. The van der Waals surface area contributed by atoms with Crippen LogP contribution in [-0.2, 0) is 4.79 Å². The fourth-order valence-corrected chi connectivity index (χ4v) is 2.35. The van der Waals surface area contributed by atoms with Crippen LogP contribution in [0.3, 0.4) is 0 Å². The predicted octanol–water partition coefficient (Wildman–Crippen LogP) is 1.29. The van der Waals surface area contributed by atoms with Gasteiger partial charge >= 0.3 is 0 Å². The molecular weight excluding hydrogens is 196 g/mol. The molecule has 1 saturated heterocycles. The molecule has 1 aromatic heterocycles. The van der Waals surface area contributed by atoms with E-state index >= 15 is 0 Å². The highest BCUT2D eigenvalue weighted by molar-refractivity contribution is 7.10. The topological polar surface area (TPSA) is 41.1 Å². The molecule has 76 valence electrons. The number of piperazine rings is 1. The maximum absolute atomic E-state index is 11.6. The first kappa shape index (κ1) is 9.68. The summed E-state index contributed by atoms with van der Waals surface area (Å²) < 4.78 is 0. The van der Waals surface area contributed by atoms with E-state index in [4.69, 9.17) is 0 Å². The lowest BCUT2D eigenvalue weighted by molar-refractivity contribution is -0.126. The Bertz CT molecular complexity index is 332. The van der Waals surface area contributed by atoms with Crippen LogP contribution >= 0.6 is 11.3 Å². The van der Waals surface area contributed by atoms with Gasteiger partial charge in [0.15, 0.2) is 0 Å². The summed E-state index contributed by atoms with van der Waals surface area (Å²) in [6.45, 7) is 4.87. The van der Waals surface area contributed by atoms with Crippen molar-refractivity contribution in [2.45, 2.75) is 25.4 Å². The highest BCUT2D eigenvalue weighted by atomic mass is 32.1. The minimum atomic E-state index is -0.182. The molecule has 14 heavy (non-hydrogen) atoms. The van der Waals surface area contributed by atoms with E-state index in [2.05, 4.69) is 24.5 Å². The largest absolute Gasteiger partial charge is 0.353 e. The maximum atomic E-state index is 11.6. The van der Waals surface area contributed by atoms with E-state index in [1.54, 1.807) is 11.3 Å². The summed E-state index contributed by atoms with van der Waals surface area (Å²) in [4.78, 5) is 12.7. The van der Waals surface area contributed by atoms with Gasteiger partial charge in [-0.1, -0.05) is 6.07 Å². The zero-order valence-corrected chi connectivity index (χ0v) is 9.15. The van der Waals surface area contributed by atoms with Crippen LogP contribution in [0.4, 0.5) is 0 Å². The number of nitrogens with one attached hydrogen (secondary N) is 2. The Balaban J connectivity index is 2.21. The van der Waals surface area contributed by atoms with Crippen molar-refractivity contribution in [3.8, 4) is 0 Å². The molecule has 1 aromatic rings. The molecule has 0 aliphatic carbocycles. The Morgan fingerprint density at radius 2 is 2.36 bits per heavy atom. The Hall–Kier alpha value is -0.870. The molecule has 3 nitrogen and oxygen atoms in total. The van der Waals surface area contributed by atoms with Crippen molar-refractivity contribution >= 4 is 17.2 Å². The molecule has 1 unspecified atom stereocenters. The minimum Gasteiger partial charge on any atom is -0.353 e. The van der Waals surface area contributed by atoms with E-state index < -0.39 is 0 Å². The fourth-order valence-electron chi connectivity index (χ4n) is 1.57. The Kier molecular flexibility index (Phi) is 2.33. The smallest absolute Gasteiger partial charge is 0.242 e. The Morgan fingerprint density at radius 1 is 1.57 bits per heavy atom. The standard InChI is InChI=1S/C10H14N2OS/c1-10(2)6-11-9(13)8(12-10)7-4-3-5-14-7/h3-5,8,12H,6H2,1-2H3,(H,11,13). The first-order valence-electron chi connectivity index (χ1n) is 4.67. The van der Waals surface area contributed by atoms with Crippen LogP contribution in [0.2, 0.25) is 0 Å². The lowest BCUT2D eigenvalue weighted by atomic mass is 9.99. The fraction of sp³-hybridized carbons (Fsp3) is 0.500. The second-order valence-corrected chi connectivity index (χ2v) is 5.17. The second kappa shape index (κ2) is 3.37. The number of thiophene rings is 1. The van der Waals surface area contributed by atoms with E-state index in [-0.39, 0.29) is 17.5 Å². The average molecular weight is 210 g/mol. The summed E-state index contributed by atoms with van der Waals surface area (Å²) in [7, 11) is 0. The molecule has 2 heterocycles. The van der Waals surface area contributed by atoms with Gasteiger partial charge in [-0.05, 0) is 25.3 Å². The zero-order valence-electron chi connectivity index (χ0n) is 8.33. The second-order valence-electron chi connectivity index (χ2n) is 4.19. The molecule has 0 saturated carbocycles. The molecule has 0 aromatic carbocycles. The van der Waals surface area contributed by atoms with Crippen molar-refractivity contribution in [1.82, 2.24) is 10.6 Å². The maximum Gasteiger partial charge on any atom is 0.242 e. The molecule has 1 amide bonds. The van der Waals surface area contributed by atoms with Gasteiger partial charge in [-0.2, -0.15) is 0 Å². The van der Waals surface area contributed by atoms with Gasteiger partial charge in [0.2, 0.25) is 5.91 Å². The summed E-state index contributed by atoms with van der Waals surface area (Å²) in [5.74, 6) is 0.0757.